The molecule has 1 rings (SSSR count). The number of esters is 1. The van der Waals surface area contributed by atoms with E-state index in [2.05, 4.69) is 26.2 Å². The zero-order valence-corrected chi connectivity index (χ0v) is 10.6. The van der Waals surface area contributed by atoms with Crippen LogP contribution < -0.4 is 11.1 Å². The van der Waals surface area contributed by atoms with E-state index < -0.39 is 0 Å². The van der Waals surface area contributed by atoms with Crippen molar-refractivity contribution in [3.8, 4) is 0 Å². The Bertz CT molecular complexity index is 351. The third-order valence-corrected chi connectivity index (χ3v) is 2.47. The molecule has 0 atom stereocenters. The highest BCUT2D eigenvalue weighted by Crippen LogP contribution is 2.26. The van der Waals surface area contributed by atoms with E-state index in [4.69, 9.17) is 10.5 Å². The van der Waals surface area contributed by atoms with Crippen molar-refractivity contribution in [3.05, 3.63) is 16.9 Å². The smallest absolute Gasteiger partial charge is 0.307 e. The lowest BCUT2D eigenvalue weighted by molar-refractivity contribution is -0.142. The molecule has 0 aliphatic rings. The Labute approximate surface area is 103 Å². The molecular formula is C10H14BrN3O2. The van der Waals surface area contributed by atoms with Crippen LogP contribution in [0.3, 0.4) is 0 Å². The number of carbonyl (C=O) groups excluding carboxylic acids is 1. The summed E-state index contributed by atoms with van der Waals surface area (Å²) in [7, 11) is 0. The van der Waals surface area contributed by atoms with E-state index in [1.807, 2.05) is 0 Å². The fourth-order valence-electron chi connectivity index (χ4n) is 1.16. The van der Waals surface area contributed by atoms with Crippen LogP contribution in [0.25, 0.3) is 0 Å². The zero-order chi connectivity index (χ0) is 12.0. The zero-order valence-electron chi connectivity index (χ0n) is 9.00. The molecule has 16 heavy (non-hydrogen) atoms. The summed E-state index contributed by atoms with van der Waals surface area (Å²) in [6, 6.07) is 0. The first-order valence-corrected chi connectivity index (χ1v) is 5.73. The average Bonchev–Trinajstić information content (AvgIpc) is 2.23. The second-order valence-corrected chi connectivity index (χ2v) is 3.92. The highest BCUT2D eigenvalue weighted by Gasteiger charge is 2.05. The molecule has 0 fully saturated rings. The molecule has 0 aromatic carbocycles. The molecule has 6 heteroatoms. The van der Waals surface area contributed by atoms with E-state index in [9.17, 15) is 4.79 Å². The topological polar surface area (TPSA) is 77.2 Å². The van der Waals surface area contributed by atoms with Gasteiger partial charge < -0.3 is 15.8 Å². The predicted molar refractivity (Wildman–Crippen MR) is 66.1 cm³/mol. The normalized spacial score (nSPS) is 9.88. The number of nitrogens with one attached hydrogen (secondary N) is 1. The second-order valence-electron chi connectivity index (χ2n) is 3.07. The number of nitrogens with zero attached hydrogens (tertiary/aromatic N) is 1. The van der Waals surface area contributed by atoms with E-state index in [1.165, 1.54) is 0 Å². The van der Waals surface area contributed by atoms with Crippen LogP contribution in [0, 0.1) is 0 Å². The highest BCUT2D eigenvalue weighted by atomic mass is 79.9. The van der Waals surface area contributed by atoms with Crippen molar-refractivity contribution in [2.24, 2.45) is 0 Å². The minimum absolute atomic E-state index is 0.223. The number of carbonyl (C=O) groups is 1. The molecule has 1 aromatic heterocycles. The third kappa shape index (κ3) is 3.69. The van der Waals surface area contributed by atoms with Gasteiger partial charge in [0, 0.05) is 12.7 Å². The van der Waals surface area contributed by atoms with Gasteiger partial charge in [-0.25, -0.2) is 0 Å². The molecule has 88 valence electrons. The predicted octanol–water partition coefficient (Wildman–Crippen LogP) is 1.79. The fourth-order valence-corrected chi connectivity index (χ4v) is 1.65. The number of anilines is 2. The molecule has 1 heterocycles. The molecule has 0 radical (unpaired) electrons. The highest BCUT2D eigenvalue weighted by molar-refractivity contribution is 9.10. The number of ether oxygens (including phenoxy) is 1. The maximum atomic E-state index is 11.1. The van der Waals surface area contributed by atoms with E-state index in [1.54, 1.807) is 19.3 Å². The van der Waals surface area contributed by atoms with Crippen LogP contribution in [-0.4, -0.2) is 24.1 Å². The molecule has 1 aromatic rings. The van der Waals surface area contributed by atoms with Crippen molar-refractivity contribution in [1.82, 2.24) is 4.98 Å². The van der Waals surface area contributed by atoms with E-state index in [0.29, 0.717) is 25.3 Å². The number of hydrogen-bond donors (Lipinski definition) is 2. The second kappa shape index (κ2) is 6.32. The van der Waals surface area contributed by atoms with Gasteiger partial charge in [0.05, 0.1) is 35.1 Å². The van der Waals surface area contributed by atoms with Gasteiger partial charge in [0.25, 0.3) is 0 Å². The fraction of sp³-hybridized carbons (Fsp3) is 0.400. The van der Waals surface area contributed by atoms with E-state index in [0.717, 1.165) is 10.2 Å². The first kappa shape index (κ1) is 12.8. The Hall–Kier alpha value is -1.30. The molecule has 0 amide bonds. The molecule has 0 spiro atoms. The lowest BCUT2D eigenvalue weighted by Crippen LogP contribution is -2.12. The summed E-state index contributed by atoms with van der Waals surface area (Å²) in [5.74, 6) is -0.223. The van der Waals surface area contributed by atoms with Crippen molar-refractivity contribution in [2.45, 2.75) is 13.3 Å². The van der Waals surface area contributed by atoms with Gasteiger partial charge in [0.2, 0.25) is 0 Å². The average molecular weight is 288 g/mol. The number of pyridine rings is 1. The standard InChI is InChI=1S/C10H14BrN3O2/c1-2-16-9(15)3-4-14-10-7(11)5-13-6-8(10)12/h5-6H,2-4,12H2,1H3,(H,13,14). The molecule has 0 aliphatic heterocycles. The SMILES string of the molecule is CCOC(=O)CCNc1c(N)cncc1Br. The summed E-state index contributed by atoms with van der Waals surface area (Å²) in [5, 5.41) is 3.06. The lowest BCUT2D eigenvalue weighted by Gasteiger charge is -2.10. The van der Waals surface area contributed by atoms with Crippen molar-refractivity contribution in [3.63, 3.8) is 0 Å². The Kier molecular flexibility index (Phi) is 5.04. The van der Waals surface area contributed by atoms with E-state index in [-0.39, 0.29) is 5.97 Å². The van der Waals surface area contributed by atoms with Crippen LogP contribution in [0.15, 0.2) is 16.9 Å². The van der Waals surface area contributed by atoms with Crippen LogP contribution in [0.1, 0.15) is 13.3 Å². The minimum atomic E-state index is -0.223. The van der Waals surface area contributed by atoms with Crippen molar-refractivity contribution in [2.75, 3.05) is 24.2 Å². The Balaban J connectivity index is 2.46. The van der Waals surface area contributed by atoms with Gasteiger partial charge in [-0.3, -0.25) is 9.78 Å². The Morgan fingerprint density at radius 3 is 3.00 bits per heavy atom. The quantitative estimate of drug-likeness (QED) is 0.808. The van der Waals surface area contributed by atoms with Gasteiger partial charge in [0.15, 0.2) is 0 Å². The summed E-state index contributed by atoms with van der Waals surface area (Å²) < 4.78 is 5.58. The lowest BCUT2D eigenvalue weighted by atomic mass is 10.3. The largest absolute Gasteiger partial charge is 0.466 e. The summed E-state index contributed by atoms with van der Waals surface area (Å²) in [4.78, 5) is 15.0. The summed E-state index contributed by atoms with van der Waals surface area (Å²) in [6.07, 6.45) is 3.50. The molecule has 0 saturated carbocycles. The van der Waals surface area contributed by atoms with Gasteiger partial charge in [0.1, 0.15) is 0 Å². The molecule has 3 N–H and O–H groups in total. The monoisotopic (exact) mass is 287 g/mol. The van der Waals surface area contributed by atoms with Crippen LogP contribution in [0.5, 0.6) is 0 Å². The van der Waals surface area contributed by atoms with Gasteiger partial charge >= 0.3 is 5.97 Å². The molecule has 0 saturated heterocycles. The van der Waals surface area contributed by atoms with Gasteiger partial charge in [-0.1, -0.05) is 0 Å². The first-order valence-electron chi connectivity index (χ1n) is 4.93. The number of hydrogen-bond acceptors (Lipinski definition) is 5. The van der Waals surface area contributed by atoms with Crippen LogP contribution in [0.2, 0.25) is 0 Å². The number of aromatic nitrogens is 1. The Morgan fingerprint density at radius 2 is 2.38 bits per heavy atom. The molecular weight excluding hydrogens is 274 g/mol. The first-order chi connectivity index (χ1) is 7.65. The molecule has 0 aliphatic carbocycles. The van der Waals surface area contributed by atoms with Gasteiger partial charge in [-0.2, -0.15) is 0 Å². The number of nitrogen functional groups attached to an aromatic ring is 1. The van der Waals surface area contributed by atoms with Gasteiger partial charge in [-0.15, -0.1) is 0 Å². The number of nitrogens with two attached hydrogens (primary N) is 1. The third-order valence-electron chi connectivity index (χ3n) is 1.87. The van der Waals surface area contributed by atoms with Crippen molar-refractivity contribution < 1.29 is 9.53 Å². The van der Waals surface area contributed by atoms with Crippen molar-refractivity contribution >= 4 is 33.3 Å². The number of rotatable bonds is 5. The summed E-state index contributed by atoms with van der Waals surface area (Å²) >= 11 is 3.32. The molecule has 0 bridgehead atoms. The van der Waals surface area contributed by atoms with Gasteiger partial charge in [-0.05, 0) is 22.9 Å². The maximum Gasteiger partial charge on any atom is 0.307 e. The van der Waals surface area contributed by atoms with Crippen LogP contribution >= 0.6 is 15.9 Å². The summed E-state index contributed by atoms with van der Waals surface area (Å²) in [6.45, 7) is 2.66. The van der Waals surface area contributed by atoms with E-state index >= 15 is 0 Å². The molecule has 5 nitrogen and oxygen atoms in total. The van der Waals surface area contributed by atoms with Crippen molar-refractivity contribution in [1.29, 1.82) is 0 Å². The maximum absolute atomic E-state index is 11.1. The minimum Gasteiger partial charge on any atom is -0.466 e. The van der Waals surface area contributed by atoms with Crippen LogP contribution in [0.4, 0.5) is 11.4 Å². The van der Waals surface area contributed by atoms with Crippen LogP contribution in [-0.2, 0) is 9.53 Å². The summed E-state index contributed by atoms with van der Waals surface area (Å²) in [5.41, 5.74) is 7.02. The molecule has 0 unspecified atom stereocenters. The number of halogens is 1. The Morgan fingerprint density at radius 1 is 1.62 bits per heavy atom.